The maximum atomic E-state index is 6.56. The molecule has 178 valence electrons. The van der Waals surface area contributed by atoms with Crippen molar-refractivity contribution in [1.29, 1.82) is 0 Å². The van der Waals surface area contributed by atoms with Gasteiger partial charge < -0.3 is 5.73 Å². The van der Waals surface area contributed by atoms with Gasteiger partial charge in [0.25, 0.3) is 0 Å². The number of fused-ring (bicyclic) bond motifs is 1. The second kappa shape index (κ2) is 8.34. The molecule has 2 nitrogen and oxygen atoms in total. The van der Waals surface area contributed by atoms with Crippen molar-refractivity contribution in [2.75, 3.05) is 0 Å². The Kier molecular flexibility index (Phi) is 5.72. The fraction of sp³-hybridized carbons (Fsp3) is 0.469. The summed E-state index contributed by atoms with van der Waals surface area (Å²) in [7, 11) is 0. The Morgan fingerprint density at radius 1 is 0.735 bits per heavy atom. The average Bonchev–Trinajstić information content (AvgIpc) is 2.80. The monoisotopic (exact) mass is 452 g/mol. The Balaban J connectivity index is 1.57. The summed E-state index contributed by atoms with van der Waals surface area (Å²) in [6.45, 7) is 11.8. The number of benzene rings is 2. The van der Waals surface area contributed by atoms with Crippen LogP contribution in [0.4, 0.5) is 0 Å². The zero-order chi connectivity index (χ0) is 24.1. The van der Waals surface area contributed by atoms with Crippen molar-refractivity contribution >= 4 is 0 Å². The lowest BCUT2D eigenvalue weighted by Crippen LogP contribution is -2.43. The third-order valence-corrected chi connectivity index (χ3v) is 8.57. The normalized spacial score (nSPS) is 19.8. The lowest BCUT2D eigenvalue weighted by Gasteiger charge is -2.42. The molecule has 1 aromatic heterocycles. The lowest BCUT2D eigenvalue weighted by molar-refractivity contribution is 0.253. The molecule has 2 aliphatic rings. The van der Waals surface area contributed by atoms with Gasteiger partial charge in [0.2, 0.25) is 0 Å². The number of hydrogen-bond acceptors (Lipinski definition) is 2. The number of nitrogens with zero attached hydrogens (tertiary/aromatic N) is 1. The molecule has 0 radical (unpaired) electrons. The van der Waals surface area contributed by atoms with Crippen LogP contribution in [0.3, 0.4) is 0 Å². The molecular weight excluding hydrogens is 412 g/mol. The van der Waals surface area contributed by atoms with Gasteiger partial charge in [0, 0.05) is 16.7 Å². The topological polar surface area (TPSA) is 38.9 Å². The van der Waals surface area contributed by atoms with Gasteiger partial charge >= 0.3 is 0 Å². The van der Waals surface area contributed by atoms with Gasteiger partial charge in [-0.05, 0) is 89.8 Å². The molecule has 0 atom stereocenters. The fourth-order valence-corrected chi connectivity index (χ4v) is 5.88. The molecule has 34 heavy (non-hydrogen) atoms. The number of aromatic nitrogens is 1. The SMILES string of the molecule is CCCc1cc(-c2ccc(C3(N)CCC3)cc2)nc(-c2ccc3c(c2)C(C)(C)CCC3(C)C)c1. The minimum atomic E-state index is -0.120. The van der Waals surface area contributed by atoms with E-state index >= 15 is 0 Å². The standard InChI is InChI=1S/C32H40N2/c1-6-8-22-19-28(23-9-12-25(13-10-23)32(33)15-7-16-32)34-29(20-22)24-11-14-26-27(21-24)31(4,5)18-17-30(26,2)3/h9-14,19-21H,6-8,15-18,33H2,1-5H3. The van der Waals surface area contributed by atoms with Crippen LogP contribution in [0, 0.1) is 0 Å². The van der Waals surface area contributed by atoms with Crippen molar-refractivity contribution in [3.63, 3.8) is 0 Å². The van der Waals surface area contributed by atoms with Crippen LogP contribution in [0.1, 0.15) is 95.4 Å². The van der Waals surface area contributed by atoms with Gasteiger partial charge in [-0.15, -0.1) is 0 Å². The second-order valence-corrected chi connectivity index (χ2v) is 12.1. The van der Waals surface area contributed by atoms with Crippen LogP contribution < -0.4 is 5.73 Å². The van der Waals surface area contributed by atoms with Gasteiger partial charge in [0.05, 0.1) is 11.4 Å². The summed E-state index contributed by atoms with van der Waals surface area (Å²) in [4.78, 5) is 5.18. The molecule has 1 heterocycles. The first kappa shape index (κ1) is 23.3. The number of aryl methyl sites for hydroxylation is 1. The molecular formula is C32H40N2. The van der Waals surface area contributed by atoms with E-state index in [1.165, 1.54) is 52.6 Å². The lowest BCUT2D eigenvalue weighted by atomic mass is 9.63. The molecule has 2 N–H and O–H groups in total. The molecule has 1 saturated carbocycles. The van der Waals surface area contributed by atoms with E-state index in [9.17, 15) is 0 Å². The molecule has 3 aromatic rings. The number of nitrogens with two attached hydrogens (primary N) is 1. The molecule has 0 aliphatic heterocycles. The minimum Gasteiger partial charge on any atom is -0.321 e. The van der Waals surface area contributed by atoms with Crippen molar-refractivity contribution in [3.05, 3.63) is 76.9 Å². The van der Waals surface area contributed by atoms with E-state index in [0.717, 1.165) is 37.1 Å². The van der Waals surface area contributed by atoms with Crippen molar-refractivity contribution in [3.8, 4) is 22.5 Å². The van der Waals surface area contributed by atoms with Crippen LogP contribution in [-0.2, 0) is 22.8 Å². The van der Waals surface area contributed by atoms with Gasteiger partial charge in [-0.1, -0.05) is 77.4 Å². The van der Waals surface area contributed by atoms with Crippen LogP contribution in [0.5, 0.6) is 0 Å². The molecule has 0 spiro atoms. The highest BCUT2D eigenvalue weighted by atomic mass is 14.8. The van der Waals surface area contributed by atoms with Crippen LogP contribution in [0.15, 0.2) is 54.6 Å². The van der Waals surface area contributed by atoms with Crippen molar-refractivity contribution in [2.24, 2.45) is 5.73 Å². The van der Waals surface area contributed by atoms with Crippen LogP contribution in [0.2, 0.25) is 0 Å². The third-order valence-electron chi connectivity index (χ3n) is 8.57. The van der Waals surface area contributed by atoms with E-state index in [4.69, 9.17) is 10.7 Å². The summed E-state index contributed by atoms with van der Waals surface area (Å²) in [6.07, 6.45) is 8.06. The summed E-state index contributed by atoms with van der Waals surface area (Å²) in [6, 6.07) is 20.5. The van der Waals surface area contributed by atoms with E-state index < -0.39 is 0 Å². The predicted molar refractivity (Wildman–Crippen MR) is 144 cm³/mol. The van der Waals surface area contributed by atoms with E-state index in [0.29, 0.717) is 0 Å². The average molecular weight is 453 g/mol. The van der Waals surface area contributed by atoms with Gasteiger partial charge in [-0.3, -0.25) is 0 Å². The Hall–Kier alpha value is -2.45. The molecule has 2 aliphatic carbocycles. The van der Waals surface area contributed by atoms with Gasteiger partial charge in [0.15, 0.2) is 0 Å². The van der Waals surface area contributed by atoms with Crippen molar-refractivity contribution in [2.45, 2.75) is 95.9 Å². The first-order chi connectivity index (χ1) is 16.1. The highest BCUT2D eigenvalue weighted by Crippen LogP contribution is 2.47. The maximum absolute atomic E-state index is 6.56. The van der Waals surface area contributed by atoms with Gasteiger partial charge in [-0.2, -0.15) is 0 Å². The molecule has 2 aromatic carbocycles. The van der Waals surface area contributed by atoms with E-state index in [1.54, 1.807) is 0 Å². The highest BCUT2D eigenvalue weighted by Gasteiger charge is 2.37. The van der Waals surface area contributed by atoms with Crippen LogP contribution in [0.25, 0.3) is 22.5 Å². The first-order valence-electron chi connectivity index (χ1n) is 13.2. The summed E-state index contributed by atoms with van der Waals surface area (Å²) >= 11 is 0. The smallest absolute Gasteiger partial charge is 0.0712 e. The fourth-order valence-electron chi connectivity index (χ4n) is 5.88. The van der Waals surface area contributed by atoms with E-state index in [-0.39, 0.29) is 16.4 Å². The Labute approximate surface area is 206 Å². The summed E-state index contributed by atoms with van der Waals surface area (Å²) in [5, 5.41) is 0. The third kappa shape index (κ3) is 4.11. The Morgan fingerprint density at radius 3 is 1.91 bits per heavy atom. The number of hydrogen-bond donors (Lipinski definition) is 1. The Bertz CT molecular complexity index is 1200. The number of rotatable bonds is 5. The molecule has 1 fully saturated rings. The largest absolute Gasteiger partial charge is 0.321 e. The van der Waals surface area contributed by atoms with Crippen LogP contribution >= 0.6 is 0 Å². The Morgan fingerprint density at radius 2 is 1.32 bits per heavy atom. The van der Waals surface area contributed by atoms with Gasteiger partial charge in [-0.25, -0.2) is 4.98 Å². The first-order valence-corrected chi connectivity index (χ1v) is 13.2. The quantitative estimate of drug-likeness (QED) is 0.425. The maximum Gasteiger partial charge on any atom is 0.0712 e. The number of pyridine rings is 1. The molecule has 5 rings (SSSR count). The molecule has 0 bridgehead atoms. The molecule has 0 unspecified atom stereocenters. The minimum absolute atomic E-state index is 0.120. The van der Waals surface area contributed by atoms with E-state index in [1.807, 2.05) is 0 Å². The van der Waals surface area contributed by atoms with Crippen LogP contribution in [-0.4, -0.2) is 4.98 Å². The zero-order valence-electron chi connectivity index (χ0n) is 21.7. The zero-order valence-corrected chi connectivity index (χ0v) is 21.7. The molecule has 2 heteroatoms. The van der Waals surface area contributed by atoms with E-state index in [2.05, 4.69) is 89.2 Å². The summed E-state index contributed by atoms with van der Waals surface area (Å²) in [5.74, 6) is 0. The highest BCUT2D eigenvalue weighted by molar-refractivity contribution is 5.69. The molecule has 0 amide bonds. The van der Waals surface area contributed by atoms with Crippen molar-refractivity contribution < 1.29 is 0 Å². The summed E-state index contributed by atoms with van der Waals surface area (Å²) in [5.41, 5.74) is 17.0. The van der Waals surface area contributed by atoms with Crippen molar-refractivity contribution in [1.82, 2.24) is 4.98 Å². The molecule has 0 saturated heterocycles. The van der Waals surface area contributed by atoms with Gasteiger partial charge in [0.1, 0.15) is 0 Å². The predicted octanol–water partition coefficient (Wildman–Crippen LogP) is 8.06. The second-order valence-electron chi connectivity index (χ2n) is 12.1. The summed E-state index contributed by atoms with van der Waals surface area (Å²) < 4.78 is 0.